The van der Waals surface area contributed by atoms with E-state index in [0.717, 1.165) is 6.67 Å². The second-order valence-electron chi connectivity index (χ2n) is 11.6. The standard InChI is InChI=1S/C23H40N2/c1-20(2,3)15-22(7,8)24-17-25(19-14-12-11-13-18(19)24)23(9,10)16-21(4,5)6/h11-14H,15-17H2,1-10H3. The van der Waals surface area contributed by atoms with E-state index < -0.39 is 0 Å². The van der Waals surface area contributed by atoms with Crippen molar-refractivity contribution in [2.24, 2.45) is 10.8 Å². The molecular formula is C23H40N2. The highest BCUT2D eigenvalue weighted by molar-refractivity contribution is 5.78. The molecule has 1 heterocycles. The van der Waals surface area contributed by atoms with Crippen LogP contribution in [0, 0.1) is 10.8 Å². The number of anilines is 2. The molecule has 1 aliphatic heterocycles. The van der Waals surface area contributed by atoms with Gasteiger partial charge >= 0.3 is 0 Å². The zero-order valence-corrected chi connectivity index (χ0v) is 18.3. The maximum atomic E-state index is 2.62. The summed E-state index contributed by atoms with van der Waals surface area (Å²) in [4.78, 5) is 5.25. The summed E-state index contributed by atoms with van der Waals surface area (Å²) in [6.45, 7) is 24.6. The van der Waals surface area contributed by atoms with Crippen LogP contribution in [0.2, 0.25) is 0 Å². The molecule has 1 aliphatic rings. The lowest BCUT2D eigenvalue weighted by Gasteiger charge is -2.45. The van der Waals surface area contributed by atoms with Gasteiger partial charge in [0.1, 0.15) is 0 Å². The van der Waals surface area contributed by atoms with Crippen molar-refractivity contribution >= 4 is 11.4 Å². The molecule has 142 valence electrons. The van der Waals surface area contributed by atoms with Gasteiger partial charge in [0, 0.05) is 11.1 Å². The van der Waals surface area contributed by atoms with E-state index in [2.05, 4.69) is 103 Å². The van der Waals surface area contributed by atoms with E-state index in [1.807, 2.05) is 0 Å². The second kappa shape index (κ2) is 6.21. The molecule has 0 fully saturated rings. The normalized spacial score (nSPS) is 16.4. The number of rotatable bonds is 4. The smallest absolute Gasteiger partial charge is 0.0914 e. The third-order valence-electron chi connectivity index (χ3n) is 5.13. The maximum absolute atomic E-state index is 2.62. The van der Waals surface area contributed by atoms with Crippen LogP contribution in [0.25, 0.3) is 0 Å². The Bertz CT molecular complexity index is 546. The maximum Gasteiger partial charge on any atom is 0.0914 e. The van der Waals surface area contributed by atoms with Crippen molar-refractivity contribution in [2.75, 3.05) is 16.5 Å². The minimum absolute atomic E-state index is 0.126. The Morgan fingerprint density at radius 3 is 1.24 bits per heavy atom. The fraction of sp³-hybridized carbons (Fsp3) is 0.739. The second-order valence-corrected chi connectivity index (χ2v) is 11.6. The van der Waals surface area contributed by atoms with Gasteiger partial charge in [-0.15, -0.1) is 0 Å². The first-order valence-corrected chi connectivity index (χ1v) is 9.77. The molecule has 0 amide bonds. The van der Waals surface area contributed by atoms with E-state index in [0.29, 0.717) is 10.8 Å². The Labute approximate surface area is 156 Å². The molecule has 1 aromatic carbocycles. The zero-order chi connectivity index (χ0) is 19.3. The molecule has 0 radical (unpaired) electrons. The fourth-order valence-electron chi connectivity index (χ4n) is 5.04. The van der Waals surface area contributed by atoms with Crippen molar-refractivity contribution in [1.29, 1.82) is 0 Å². The van der Waals surface area contributed by atoms with Gasteiger partial charge in [0.15, 0.2) is 0 Å². The SMILES string of the molecule is CC(C)(C)CC(C)(C)N1CN(C(C)(C)CC(C)(C)C)c2ccccc21. The average molecular weight is 345 g/mol. The van der Waals surface area contributed by atoms with Crippen LogP contribution in [0.1, 0.15) is 82.1 Å². The van der Waals surface area contributed by atoms with Gasteiger partial charge in [-0.05, 0) is 63.5 Å². The molecule has 0 aromatic heterocycles. The summed E-state index contributed by atoms with van der Waals surface area (Å²) in [6.07, 6.45) is 2.34. The van der Waals surface area contributed by atoms with Crippen molar-refractivity contribution in [3.8, 4) is 0 Å². The highest BCUT2D eigenvalue weighted by atomic mass is 15.4. The van der Waals surface area contributed by atoms with Gasteiger partial charge in [-0.2, -0.15) is 0 Å². The zero-order valence-electron chi connectivity index (χ0n) is 18.3. The summed E-state index contributed by atoms with van der Waals surface area (Å²) < 4.78 is 0. The summed E-state index contributed by atoms with van der Waals surface area (Å²) >= 11 is 0. The first-order chi connectivity index (χ1) is 11.1. The van der Waals surface area contributed by atoms with Crippen LogP contribution in [-0.2, 0) is 0 Å². The molecule has 2 heteroatoms. The van der Waals surface area contributed by atoms with Crippen LogP contribution in [-0.4, -0.2) is 17.7 Å². The number of hydrogen-bond donors (Lipinski definition) is 0. The van der Waals surface area contributed by atoms with Crippen molar-refractivity contribution in [1.82, 2.24) is 0 Å². The van der Waals surface area contributed by atoms with E-state index in [9.17, 15) is 0 Å². The number of nitrogens with zero attached hydrogens (tertiary/aromatic N) is 2. The Morgan fingerprint density at radius 2 is 0.960 bits per heavy atom. The molecule has 0 spiro atoms. The van der Waals surface area contributed by atoms with Crippen LogP contribution < -0.4 is 9.80 Å². The number of para-hydroxylation sites is 2. The van der Waals surface area contributed by atoms with Crippen LogP contribution >= 0.6 is 0 Å². The highest BCUT2D eigenvalue weighted by Gasteiger charge is 2.42. The number of fused-ring (bicyclic) bond motifs is 1. The monoisotopic (exact) mass is 344 g/mol. The van der Waals surface area contributed by atoms with E-state index in [4.69, 9.17) is 0 Å². The van der Waals surface area contributed by atoms with Crippen molar-refractivity contribution in [2.45, 2.75) is 93.2 Å². The molecule has 2 rings (SSSR count). The molecular weight excluding hydrogens is 304 g/mol. The molecule has 0 aliphatic carbocycles. The minimum atomic E-state index is 0.126. The van der Waals surface area contributed by atoms with Gasteiger partial charge in [0.2, 0.25) is 0 Å². The summed E-state index contributed by atoms with van der Waals surface area (Å²) in [7, 11) is 0. The summed E-state index contributed by atoms with van der Waals surface area (Å²) in [6, 6.07) is 8.96. The van der Waals surface area contributed by atoms with Crippen LogP contribution in [0.15, 0.2) is 24.3 Å². The summed E-state index contributed by atoms with van der Waals surface area (Å²) in [5, 5.41) is 0. The highest BCUT2D eigenvalue weighted by Crippen LogP contribution is 2.47. The van der Waals surface area contributed by atoms with E-state index in [1.165, 1.54) is 24.2 Å². The third-order valence-corrected chi connectivity index (χ3v) is 5.13. The number of hydrogen-bond acceptors (Lipinski definition) is 2. The van der Waals surface area contributed by atoms with Gasteiger partial charge in [-0.3, -0.25) is 0 Å². The van der Waals surface area contributed by atoms with E-state index in [1.54, 1.807) is 0 Å². The average Bonchev–Trinajstić information content (AvgIpc) is 2.73. The van der Waals surface area contributed by atoms with Gasteiger partial charge in [-0.1, -0.05) is 53.7 Å². The number of benzene rings is 1. The van der Waals surface area contributed by atoms with E-state index in [-0.39, 0.29) is 11.1 Å². The lowest BCUT2D eigenvalue weighted by molar-refractivity contribution is 0.256. The van der Waals surface area contributed by atoms with Gasteiger partial charge in [0.25, 0.3) is 0 Å². The predicted molar refractivity (Wildman–Crippen MR) is 113 cm³/mol. The minimum Gasteiger partial charge on any atom is -0.347 e. The Balaban J connectivity index is 2.40. The molecule has 0 atom stereocenters. The van der Waals surface area contributed by atoms with Crippen LogP contribution in [0.4, 0.5) is 11.4 Å². The largest absolute Gasteiger partial charge is 0.347 e. The Hall–Kier alpha value is -1.18. The van der Waals surface area contributed by atoms with Gasteiger partial charge < -0.3 is 9.80 Å². The first-order valence-electron chi connectivity index (χ1n) is 9.77. The molecule has 1 aromatic rings. The molecule has 0 bridgehead atoms. The van der Waals surface area contributed by atoms with E-state index >= 15 is 0 Å². The molecule has 0 saturated carbocycles. The van der Waals surface area contributed by atoms with Gasteiger partial charge in [0.05, 0.1) is 18.0 Å². The van der Waals surface area contributed by atoms with Crippen molar-refractivity contribution in [3.63, 3.8) is 0 Å². The summed E-state index contributed by atoms with van der Waals surface area (Å²) in [5.41, 5.74) is 3.65. The molecule has 2 nitrogen and oxygen atoms in total. The fourth-order valence-corrected chi connectivity index (χ4v) is 5.04. The Morgan fingerprint density at radius 1 is 0.640 bits per heavy atom. The Kier molecular flexibility index (Phi) is 5.00. The quantitative estimate of drug-likeness (QED) is 0.599. The van der Waals surface area contributed by atoms with Gasteiger partial charge in [-0.25, -0.2) is 0 Å². The van der Waals surface area contributed by atoms with Crippen LogP contribution in [0.3, 0.4) is 0 Å². The topological polar surface area (TPSA) is 6.48 Å². The lowest BCUT2D eigenvalue weighted by Crippen LogP contribution is -2.53. The predicted octanol–water partition coefficient (Wildman–Crippen LogP) is 6.70. The molecule has 0 unspecified atom stereocenters. The first kappa shape index (κ1) is 20.1. The molecule has 0 N–H and O–H groups in total. The lowest BCUT2D eigenvalue weighted by atomic mass is 9.80. The van der Waals surface area contributed by atoms with Crippen molar-refractivity contribution < 1.29 is 0 Å². The van der Waals surface area contributed by atoms with Crippen LogP contribution in [0.5, 0.6) is 0 Å². The third kappa shape index (κ3) is 4.71. The van der Waals surface area contributed by atoms with Crippen molar-refractivity contribution in [3.05, 3.63) is 24.3 Å². The summed E-state index contributed by atoms with van der Waals surface area (Å²) in [5.74, 6) is 0. The molecule has 0 saturated heterocycles. The molecule has 25 heavy (non-hydrogen) atoms.